The lowest BCUT2D eigenvalue weighted by atomic mass is 10.2. The number of para-hydroxylation sites is 1. The van der Waals surface area contributed by atoms with E-state index >= 15 is 0 Å². The van der Waals surface area contributed by atoms with E-state index in [1.165, 1.54) is 4.31 Å². The van der Waals surface area contributed by atoms with Crippen molar-refractivity contribution < 1.29 is 17.9 Å². The van der Waals surface area contributed by atoms with Crippen molar-refractivity contribution in [2.24, 2.45) is 0 Å². The van der Waals surface area contributed by atoms with Crippen LogP contribution >= 0.6 is 0 Å². The Morgan fingerprint density at radius 1 is 1.08 bits per heavy atom. The molecule has 0 saturated carbocycles. The topological polar surface area (TPSA) is 75.7 Å². The standard InChI is InChI=1S/C18H22N2O4S/c1-15-8-10-16(11-9-15)20(25(2,22)23)13-12-19-18(21)14-24-17-6-4-3-5-7-17/h3-11H,12-14H2,1-2H3,(H,19,21). The highest BCUT2D eigenvalue weighted by Crippen LogP contribution is 2.17. The van der Waals surface area contributed by atoms with E-state index in [9.17, 15) is 13.2 Å². The van der Waals surface area contributed by atoms with Gasteiger partial charge < -0.3 is 10.1 Å². The SMILES string of the molecule is Cc1ccc(N(CCNC(=O)COc2ccccc2)S(C)(=O)=O)cc1. The lowest BCUT2D eigenvalue weighted by Gasteiger charge is -2.22. The van der Waals surface area contributed by atoms with E-state index in [-0.39, 0.29) is 25.6 Å². The predicted molar refractivity (Wildman–Crippen MR) is 98.3 cm³/mol. The highest BCUT2D eigenvalue weighted by atomic mass is 32.2. The number of hydrogen-bond acceptors (Lipinski definition) is 4. The number of benzene rings is 2. The number of sulfonamides is 1. The van der Waals surface area contributed by atoms with Crippen LogP contribution in [0.25, 0.3) is 0 Å². The van der Waals surface area contributed by atoms with Gasteiger partial charge in [0.1, 0.15) is 5.75 Å². The summed E-state index contributed by atoms with van der Waals surface area (Å²) < 4.78 is 30.6. The molecular formula is C18H22N2O4S. The number of ether oxygens (including phenoxy) is 1. The van der Waals surface area contributed by atoms with Crippen LogP contribution in [0.1, 0.15) is 5.56 Å². The van der Waals surface area contributed by atoms with E-state index in [1.807, 2.05) is 37.3 Å². The Kier molecular flexibility index (Phi) is 6.41. The average molecular weight is 362 g/mol. The molecular weight excluding hydrogens is 340 g/mol. The van der Waals surface area contributed by atoms with E-state index in [0.29, 0.717) is 11.4 Å². The van der Waals surface area contributed by atoms with Crippen molar-refractivity contribution in [3.63, 3.8) is 0 Å². The summed E-state index contributed by atoms with van der Waals surface area (Å²) in [6.07, 6.45) is 1.15. The van der Waals surface area contributed by atoms with Crippen LogP contribution in [0, 0.1) is 6.92 Å². The minimum Gasteiger partial charge on any atom is -0.484 e. The number of hydrogen-bond donors (Lipinski definition) is 1. The van der Waals surface area contributed by atoms with Crippen molar-refractivity contribution >= 4 is 21.6 Å². The lowest BCUT2D eigenvalue weighted by molar-refractivity contribution is -0.123. The van der Waals surface area contributed by atoms with Gasteiger partial charge >= 0.3 is 0 Å². The van der Waals surface area contributed by atoms with Crippen LogP contribution in [0.5, 0.6) is 5.75 Å². The molecule has 6 nitrogen and oxygen atoms in total. The van der Waals surface area contributed by atoms with Crippen molar-refractivity contribution in [3.05, 3.63) is 60.2 Å². The van der Waals surface area contributed by atoms with Crippen molar-refractivity contribution in [3.8, 4) is 5.75 Å². The molecule has 25 heavy (non-hydrogen) atoms. The van der Waals surface area contributed by atoms with Crippen molar-refractivity contribution in [2.45, 2.75) is 6.92 Å². The summed E-state index contributed by atoms with van der Waals surface area (Å²) in [5, 5.41) is 2.67. The molecule has 0 heterocycles. The quantitative estimate of drug-likeness (QED) is 0.779. The molecule has 2 rings (SSSR count). The van der Waals surface area contributed by atoms with Crippen molar-refractivity contribution in [2.75, 3.05) is 30.3 Å². The molecule has 0 radical (unpaired) electrons. The van der Waals surface area contributed by atoms with Crippen molar-refractivity contribution in [1.82, 2.24) is 5.32 Å². The van der Waals surface area contributed by atoms with E-state index in [1.54, 1.807) is 24.3 Å². The van der Waals surface area contributed by atoms with Crippen LogP contribution in [0.3, 0.4) is 0 Å². The molecule has 2 aromatic rings. The van der Waals surface area contributed by atoms with Crippen LogP contribution in [0.2, 0.25) is 0 Å². The van der Waals surface area contributed by atoms with E-state index in [2.05, 4.69) is 5.32 Å². The minimum absolute atomic E-state index is 0.118. The van der Waals surface area contributed by atoms with Crippen LogP contribution in [0.4, 0.5) is 5.69 Å². The second-order valence-corrected chi connectivity index (χ2v) is 7.53. The summed E-state index contributed by atoms with van der Waals surface area (Å²) in [4.78, 5) is 11.8. The molecule has 2 aromatic carbocycles. The number of anilines is 1. The number of carbonyl (C=O) groups is 1. The molecule has 0 aliphatic rings. The molecule has 0 saturated heterocycles. The van der Waals surface area contributed by atoms with Gasteiger partial charge in [0.2, 0.25) is 10.0 Å². The molecule has 0 fully saturated rings. The number of aryl methyl sites for hydroxylation is 1. The van der Waals surface area contributed by atoms with Gasteiger partial charge in [-0.25, -0.2) is 8.42 Å². The minimum atomic E-state index is -3.43. The zero-order valence-corrected chi connectivity index (χ0v) is 15.1. The first-order chi connectivity index (χ1) is 11.9. The molecule has 7 heteroatoms. The van der Waals surface area contributed by atoms with Gasteiger partial charge in [-0.15, -0.1) is 0 Å². The Morgan fingerprint density at radius 2 is 1.72 bits per heavy atom. The Morgan fingerprint density at radius 3 is 2.32 bits per heavy atom. The summed E-state index contributed by atoms with van der Waals surface area (Å²) in [7, 11) is -3.43. The zero-order valence-electron chi connectivity index (χ0n) is 14.3. The number of nitrogens with one attached hydrogen (secondary N) is 1. The van der Waals surface area contributed by atoms with E-state index in [0.717, 1.165) is 11.8 Å². The number of carbonyl (C=O) groups excluding carboxylic acids is 1. The second-order valence-electron chi connectivity index (χ2n) is 5.62. The van der Waals surface area contributed by atoms with Gasteiger partial charge in [-0.2, -0.15) is 0 Å². The van der Waals surface area contributed by atoms with E-state index < -0.39 is 10.0 Å². The predicted octanol–water partition coefficient (Wildman–Crippen LogP) is 1.96. The maximum absolute atomic E-state index is 12.0. The van der Waals surface area contributed by atoms with Gasteiger partial charge in [0.25, 0.3) is 5.91 Å². The first-order valence-electron chi connectivity index (χ1n) is 7.85. The van der Waals surface area contributed by atoms with Gasteiger partial charge in [-0.05, 0) is 31.2 Å². The third-order valence-electron chi connectivity index (χ3n) is 3.47. The molecule has 0 aliphatic carbocycles. The fraction of sp³-hybridized carbons (Fsp3) is 0.278. The maximum Gasteiger partial charge on any atom is 0.258 e. The zero-order chi connectivity index (χ0) is 18.3. The Hall–Kier alpha value is -2.54. The Bertz CT molecular complexity index is 790. The van der Waals surface area contributed by atoms with Gasteiger partial charge in [0.15, 0.2) is 6.61 Å². The fourth-order valence-corrected chi connectivity index (χ4v) is 3.14. The Balaban J connectivity index is 1.86. The van der Waals surface area contributed by atoms with Crippen LogP contribution in [-0.2, 0) is 14.8 Å². The van der Waals surface area contributed by atoms with Crippen molar-refractivity contribution in [1.29, 1.82) is 0 Å². The number of rotatable bonds is 8. The summed E-state index contributed by atoms with van der Waals surface area (Å²) in [5.41, 5.74) is 1.62. The van der Waals surface area contributed by atoms with Gasteiger partial charge in [0, 0.05) is 6.54 Å². The monoisotopic (exact) mass is 362 g/mol. The third kappa shape index (κ3) is 6.11. The Labute approximate surface area is 148 Å². The average Bonchev–Trinajstić information content (AvgIpc) is 2.58. The number of nitrogens with zero attached hydrogens (tertiary/aromatic N) is 1. The van der Waals surface area contributed by atoms with Crippen LogP contribution in [-0.4, -0.2) is 40.3 Å². The largest absolute Gasteiger partial charge is 0.484 e. The molecule has 134 valence electrons. The molecule has 0 atom stereocenters. The third-order valence-corrected chi connectivity index (χ3v) is 4.67. The van der Waals surface area contributed by atoms with Gasteiger partial charge in [0.05, 0.1) is 18.5 Å². The molecule has 0 unspecified atom stereocenters. The summed E-state index contributed by atoms with van der Waals surface area (Å²) >= 11 is 0. The summed E-state index contributed by atoms with van der Waals surface area (Å²) in [6, 6.07) is 16.2. The van der Waals surface area contributed by atoms with Crippen LogP contribution < -0.4 is 14.4 Å². The highest BCUT2D eigenvalue weighted by molar-refractivity contribution is 7.92. The maximum atomic E-state index is 12.0. The lowest BCUT2D eigenvalue weighted by Crippen LogP contribution is -2.39. The smallest absolute Gasteiger partial charge is 0.258 e. The molecule has 0 bridgehead atoms. The molecule has 0 spiro atoms. The molecule has 0 aromatic heterocycles. The normalized spacial score (nSPS) is 11.0. The van der Waals surface area contributed by atoms with Gasteiger partial charge in [-0.3, -0.25) is 9.10 Å². The fourth-order valence-electron chi connectivity index (χ4n) is 2.21. The molecule has 1 amide bonds. The number of amides is 1. The van der Waals surface area contributed by atoms with Crippen LogP contribution in [0.15, 0.2) is 54.6 Å². The summed E-state index contributed by atoms with van der Waals surface area (Å²) in [6.45, 7) is 2.16. The molecule has 0 aliphatic heterocycles. The first-order valence-corrected chi connectivity index (χ1v) is 9.70. The first kappa shape index (κ1) is 18.8. The second kappa shape index (κ2) is 8.53. The summed E-state index contributed by atoms with van der Waals surface area (Å²) in [5.74, 6) is 0.302. The highest BCUT2D eigenvalue weighted by Gasteiger charge is 2.17. The van der Waals surface area contributed by atoms with Gasteiger partial charge in [-0.1, -0.05) is 35.9 Å². The van der Waals surface area contributed by atoms with E-state index in [4.69, 9.17) is 4.74 Å². The molecule has 1 N–H and O–H groups in total.